The summed E-state index contributed by atoms with van der Waals surface area (Å²) in [5.74, 6) is 1.47. The number of aliphatic hydroxyl groups is 3. The minimum Gasteiger partial charge on any atom is -0.393 e. The number of hydrogen-bond donors (Lipinski definition) is 3. The Hall–Kier alpha value is -0.710. The maximum Gasteiger partial charge on any atom is 0.138 e. The molecule has 4 aliphatic carbocycles. The third-order valence-corrected chi connectivity index (χ3v) is 10.8. The minimum atomic E-state index is -0.996. The van der Waals surface area contributed by atoms with E-state index in [1.54, 1.807) is 0 Å². The Morgan fingerprint density at radius 2 is 1.81 bits per heavy atom. The third-order valence-electron chi connectivity index (χ3n) is 10.8. The van der Waals surface area contributed by atoms with E-state index < -0.39 is 5.60 Å². The van der Waals surface area contributed by atoms with Crippen molar-refractivity contribution in [3.8, 4) is 0 Å². The van der Waals surface area contributed by atoms with E-state index in [2.05, 4.69) is 33.8 Å². The molecule has 182 valence electrons. The van der Waals surface area contributed by atoms with Crippen molar-refractivity contribution in [2.75, 3.05) is 0 Å². The molecule has 0 saturated heterocycles. The van der Waals surface area contributed by atoms with Crippen LogP contribution in [0.25, 0.3) is 0 Å². The number of ketones is 1. The molecule has 3 fully saturated rings. The number of rotatable bonds is 5. The second-order valence-corrected chi connectivity index (χ2v) is 13.0. The van der Waals surface area contributed by atoms with E-state index in [1.165, 1.54) is 5.57 Å². The van der Waals surface area contributed by atoms with Gasteiger partial charge < -0.3 is 15.3 Å². The van der Waals surface area contributed by atoms with Gasteiger partial charge in [-0.25, -0.2) is 0 Å². The van der Waals surface area contributed by atoms with Gasteiger partial charge in [0.2, 0.25) is 0 Å². The monoisotopic (exact) mass is 446 g/mol. The van der Waals surface area contributed by atoms with E-state index in [9.17, 15) is 20.1 Å². The fraction of sp³-hybridized carbons (Fsp3) is 0.893. The Morgan fingerprint density at radius 3 is 2.47 bits per heavy atom. The summed E-state index contributed by atoms with van der Waals surface area (Å²) in [5, 5.41) is 33.0. The second-order valence-electron chi connectivity index (χ2n) is 13.0. The number of aliphatic hydroxyl groups excluding tert-OH is 2. The van der Waals surface area contributed by atoms with Crippen LogP contribution in [-0.2, 0) is 4.79 Å². The number of fused-ring (bicyclic) bond motifs is 5. The van der Waals surface area contributed by atoms with E-state index in [0.717, 1.165) is 38.5 Å². The van der Waals surface area contributed by atoms with Gasteiger partial charge in [0.1, 0.15) is 5.78 Å². The van der Waals surface area contributed by atoms with Crippen LogP contribution in [0.15, 0.2) is 11.6 Å². The number of carbonyl (C=O) groups excluding carboxylic acids is 1. The molecule has 0 aromatic carbocycles. The Kier molecular flexibility index (Phi) is 6.26. The number of hydrogen-bond acceptors (Lipinski definition) is 4. The molecule has 0 bridgehead atoms. The number of Topliss-reactive ketones (excluding diaryl/α,β-unsaturated/α-hetero) is 1. The fourth-order valence-electron chi connectivity index (χ4n) is 8.58. The SMILES string of the molecule is CC(C)C(C)C(=O)CC(C)(O)C1CCC2C3CC(O)C4CC(O)CCC4(C)C3=CCC21C. The van der Waals surface area contributed by atoms with Crippen LogP contribution in [0, 0.1) is 46.3 Å². The van der Waals surface area contributed by atoms with Gasteiger partial charge in [0.05, 0.1) is 17.8 Å². The van der Waals surface area contributed by atoms with Crippen LogP contribution in [0.2, 0.25) is 0 Å². The molecule has 10 atom stereocenters. The quantitative estimate of drug-likeness (QED) is 0.525. The van der Waals surface area contributed by atoms with E-state index in [1.807, 2.05) is 13.8 Å². The molecule has 0 amide bonds. The first-order valence-electron chi connectivity index (χ1n) is 13.1. The molecule has 0 spiro atoms. The van der Waals surface area contributed by atoms with Crippen molar-refractivity contribution in [2.45, 2.75) is 111 Å². The van der Waals surface area contributed by atoms with Gasteiger partial charge in [-0.3, -0.25) is 4.79 Å². The topological polar surface area (TPSA) is 77.8 Å². The van der Waals surface area contributed by atoms with Crippen molar-refractivity contribution >= 4 is 5.78 Å². The zero-order valence-corrected chi connectivity index (χ0v) is 21.1. The highest BCUT2D eigenvalue weighted by Crippen LogP contribution is 2.66. The highest BCUT2D eigenvalue weighted by Gasteiger charge is 2.61. The summed E-state index contributed by atoms with van der Waals surface area (Å²) in [4.78, 5) is 12.9. The Labute approximate surface area is 194 Å². The van der Waals surface area contributed by atoms with Crippen LogP contribution in [-0.4, -0.2) is 38.9 Å². The Morgan fingerprint density at radius 1 is 1.12 bits per heavy atom. The highest BCUT2D eigenvalue weighted by molar-refractivity contribution is 5.81. The Bertz CT molecular complexity index is 769. The molecule has 10 unspecified atom stereocenters. The average molecular weight is 447 g/mol. The summed E-state index contributed by atoms with van der Waals surface area (Å²) < 4.78 is 0. The van der Waals surface area contributed by atoms with Gasteiger partial charge in [0, 0.05) is 12.3 Å². The van der Waals surface area contributed by atoms with E-state index >= 15 is 0 Å². The summed E-state index contributed by atoms with van der Waals surface area (Å²) in [6, 6.07) is 0. The molecule has 0 aromatic heterocycles. The third kappa shape index (κ3) is 3.73. The molecule has 32 heavy (non-hydrogen) atoms. The number of carbonyl (C=O) groups is 1. The van der Waals surface area contributed by atoms with E-state index in [-0.39, 0.29) is 58.9 Å². The molecule has 0 aliphatic heterocycles. The fourth-order valence-corrected chi connectivity index (χ4v) is 8.58. The number of allylic oxidation sites excluding steroid dienone is 2. The summed E-state index contributed by atoms with van der Waals surface area (Å²) in [7, 11) is 0. The Balaban J connectivity index is 1.60. The van der Waals surface area contributed by atoms with Gasteiger partial charge in [-0.15, -0.1) is 0 Å². The second kappa shape index (κ2) is 8.20. The zero-order chi connectivity index (χ0) is 23.6. The van der Waals surface area contributed by atoms with Gasteiger partial charge in [-0.2, -0.15) is 0 Å². The van der Waals surface area contributed by atoms with E-state index in [0.29, 0.717) is 18.3 Å². The predicted octanol–water partition coefficient (Wildman–Crippen LogP) is 4.90. The van der Waals surface area contributed by atoms with Crippen molar-refractivity contribution in [3.05, 3.63) is 11.6 Å². The molecule has 4 nitrogen and oxygen atoms in total. The van der Waals surface area contributed by atoms with Crippen LogP contribution in [0.5, 0.6) is 0 Å². The molecule has 4 heteroatoms. The lowest BCUT2D eigenvalue weighted by Crippen LogP contribution is -2.55. The van der Waals surface area contributed by atoms with Crippen LogP contribution < -0.4 is 0 Å². The lowest BCUT2D eigenvalue weighted by Gasteiger charge is -2.58. The minimum absolute atomic E-state index is 0.0217. The summed E-state index contributed by atoms with van der Waals surface area (Å²) in [6.07, 6.45) is 8.23. The highest BCUT2D eigenvalue weighted by atomic mass is 16.3. The first-order valence-corrected chi connectivity index (χ1v) is 13.1. The van der Waals surface area contributed by atoms with E-state index in [4.69, 9.17) is 0 Å². The maximum atomic E-state index is 12.9. The van der Waals surface area contributed by atoms with Crippen LogP contribution in [0.4, 0.5) is 0 Å². The van der Waals surface area contributed by atoms with Crippen LogP contribution in [0.1, 0.15) is 92.9 Å². The molecular weight excluding hydrogens is 400 g/mol. The standard InChI is InChI=1S/C28H46O4/c1-16(2)17(3)24(31)15-28(6,32)25-8-7-20-19-14-23(30)22-13-18(29)9-11-26(22,4)21(19)10-12-27(20,25)5/h10,16-20,22-23,25,29-30,32H,7-9,11-15H2,1-6H3. The maximum absolute atomic E-state index is 12.9. The van der Waals surface area contributed by atoms with Crippen molar-refractivity contribution in [1.82, 2.24) is 0 Å². The lowest BCUT2D eigenvalue weighted by molar-refractivity contribution is -0.134. The van der Waals surface area contributed by atoms with Gasteiger partial charge in [-0.05, 0) is 92.3 Å². The smallest absolute Gasteiger partial charge is 0.138 e. The zero-order valence-electron chi connectivity index (χ0n) is 21.1. The molecule has 3 N–H and O–H groups in total. The molecular formula is C28H46O4. The van der Waals surface area contributed by atoms with Crippen molar-refractivity contribution < 1.29 is 20.1 Å². The van der Waals surface area contributed by atoms with Crippen LogP contribution in [0.3, 0.4) is 0 Å². The first-order chi connectivity index (χ1) is 14.8. The normalized spacial score (nSPS) is 46.5. The average Bonchev–Trinajstić information content (AvgIpc) is 3.06. The summed E-state index contributed by atoms with van der Waals surface area (Å²) in [5.41, 5.74) is 0.457. The molecule has 0 aromatic rings. The summed E-state index contributed by atoms with van der Waals surface area (Å²) >= 11 is 0. The molecule has 3 saturated carbocycles. The molecule has 0 heterocycles. The van der Waals surface area contributed by atoms with Gasteiger partial charge in [0.25, 0.3) is 0 Å². The van der Waals surface area contributed by atoms with Gasteiger partial charge in [-0.1, -0.05) is 46.3 Å². The predicted molar refractivity (Wildman–Crippen MR) is 127 cm³/mol. The lowest BCUT2D eigenvalue weighted by atomic mass is 9.47. The van der Waals surface area contributed by atoms with Crippen LogP contribution >= 0.6 is 0 Å². The molecule has 4 rings (SSSR count). The molecule has 4 aliphatic rings. The van der Waals surface area contributed by atoms with Gasteiger partial charge in [0.15, 0.2) is 0 Å². The summed E-state index contributed by atoms with van der Waals surface area (Å²) in [6.45, 7) is 12.7. The van der Waals surface area contributed by atoms with Crippen molar-refractivity contribution in [2.24, 2.45) is 46.3 Å². The first kappa shape index (κ1) is 24.4. The van der Waals surface area contributed by atoms with Crippen molar-refractivity contribution in [1.29, 1.82) is 0 Å². The van der Waals surface area contributed by atoms with Crippen molar-refractivity contribution in [3.63, 3.8) is 0 Å². The van der Waals surface area contributed by atoms with Gasteiger partial charge >= 0.3 is 0 Å². The molecule has 0 radical (unpaired) electrons. The largest absolute Gasteiger partial charge is 0.393 e.